The summed E-state index contributed by atoms with van der Waals surface area (Å²) in [6.07, 6.45) is 0.355. The summed E-state index contributed by atoms with van der Waals surface area (Å²) < 4.78 is 11.1. The van der Waals surface area contributed by atoms with Gasteiger partial charge < -0.3 is 14.4 Å². The number of hydrogen-bond donors (Lipinski definition) is 0. The van der Waals surface area contributed by atoms with E-state index in [-0.39, 0.29) is 24.5 Å². The molecule has 0 saturated carbocycles. The van der Waals surface area contributed by atoms with Crippen LogP contribution >= 0.6 is 22.9 Å². The van der Waals surface area contributed by atoms with Crippen LogP contribution in [-0.2, 0) is 11.3 Å². The fraction of sp³-hybridized carbons (Fsp3) is 0.368. The van der Waals surface area contributed by atoms with E-state index in [2.05, 4.69) is 0 Å². The monoisotopic (exact) mass is 395 g/mol. The lowest BCUT2D eigenvalue weighted by atomic mass is 10.1. The Hall–Kier alpha value is -2.05. The Kier molecular flexibility index (Phi) is 7.48. The number of ether oxygens (including phenoxy) is 2. The van der Waals surface area contributed by atoms with Crippen molar-refractivity contribution in [3.05, 3.63) is 45.1 Å². The van der Waals surface area contributed by atoms with Crippen molar-refractivity contribution in [2.75, 3.05) is 20.8 Å². The number of rotatable bonds is 9. The standard InChI is InChI=1S/C19H22ClNO4S/c1-4-21(12-13-5-7-15(24-2)16(11-13)25-3)19(23)10-6-14(22)17-8-9-18(20)26-17/h5,7-9,11H,4,6,10,12H2,1-3H3. The van der Waals surface area contributed by atoms with Crippen LogP contribution in [0.1, 0.15) is 35.0 Å². The lowest BCUT2D eigenvalue weighted by molar-refractivity contribution is -0.131. The third-order valence-corrected chi connectivity index (χ3v) is 5.24. The highest BCUT2D eigenvalue weighted by molar-refractivity contribution is 7.18. The molecule has 0 saturated heterocycles. The molecule has 140 valence electrons. The predicted molar refractivity (Wildman–Crippen MR) is 104 cm³/mol. The predicted octanol–water partition coefficient (Wildman–Crippen LogP) is 4.43. The summed E-state index contributed by atoms with van der Waals surface area (Å²) in [5.41, 5.74) is 0.939. The maximum Gasteiger partial charge on any atom is 0.223 e. The van der Waals surface area contributed by atoms with Gasteiger partial charge in [-0.15, -0.1) is 11.3 Å². The van der Waals surface area contributed by atoms with Gasteiger partial charge in [-0.3, -0.25) is 9.59 Å². The minimum atomic E-state index is -0.0579. The Morgan fingerprint density at radius 2 is 1.81 bits per heavy atom. The number of benzene rings is 1. The number of Topliss-reactive ketones (excluding diaryl/α,β-unsaturated/α-hetero) is 1. The Morgan fingerprint density at radius 1 is 1.08 bits per heavy atom. The molecule has 7 heteroatoms. The molecule has 0 aliphatic carbocycles. The van der Waals surface area contributed by atoms with E-state index in [9.17, 15) is 9.59 Å². The van der Waals surface area contributed by atoms with E-state index in [0.717, 1.165) is 5.56 Å². The van der Waals surface area contributed by atoms with Crippen molar-refractivity contribution in [1.29, 1.82) is 0 Å². The van der Waals surface area contributed by atoms with Gasteiger partial charge in [0.15, 0.2) is 17.3 Å². The van der Waals surface area contributed by atoms with Crippen molar-refractivity contribution in [3.63, 3.8) is 0 Å². The average molecular weight is 396 g/mol. The highest BCUT2D eigenvalue weighted by Gasteiger charge is 2.17. The van der Waals surface area contributed by atoms with Gasteiger partial charge in [0.25, 0.3) is 0 Å². The Morgan fingerprint density at radius 3 is 2.38 bits per heavy atom. The molecule has 0 aliphatic heterocycles. The van der Waals surface area contributed by atoms with Crippen molar-refractivity contribution in [2.45, 2.75) is 26.3 Å². The van der Waals surface area contributed by atoms with Crippen molar-refractivity contribution in [3.8, 4) is 11.5 Å². The molecule has 0 spiro atoms. The molecule has 0 aliphatic rings. The van der Waals surface area contributed by atoms with Crippen LogP contribution in [0.15, 0.2) is 30.3 Å². The second-order valence-electron chi connectivity index (χ2n) is 5.62. The fourth-order valence-electron chi connectivity index (χ4n) is 2.54. The fourth-order valence-corrected chi connectivity index (χ4v) is 3.55. The van der Waals surface area contributed by atoms with E-state index in [0.29, 0.717) is 33.8 Å². The molecule has 0 N–H and O–H groups in total. The molecule has 0 unspecified atom stereocenters. The summed E-state index contributed by atoms with van der Waals surface area (Å²) in [6, 6.07) is 8.96. The van der Waals surface area contributed by atoms with Gasteiger partial charge in [0, 0.05) is 25.9 Å². The van der Waals surface area contributed by atoms with E-state index in [1.54, 1.807) is 31.3 Å². The molecule has 0 bridgehead atoms. The molecule has 1 amide bonds. The van der Waals surface area contributed by atoms with Gasteiger partial charge in [0.2, 0.25) is 5.91 Å². The lowest BCUT2D eigenvalue weighted by Crippen LogP contribution is -2.30. The molecule has 2 aromatic rings. The first-order valence-electron chi connectivity index (χ1n) is 8.25. The van der Waals surface area contributed by atoms with Crippen LogP contribution in [0.4, 0.5) is 0 Å². The van der Waals surface area contributed by atoms with Crippen molar-refractivity contribution in [2.24, 2.45) is 0 Å². The minimum absolute atomic E-state index is 0.0571. The number of amides is 1. The summed E-state index contributed by atoms with van der Waals surface area (Å²) in [7, 11) is 3.16. The number of carbonyl (C=O) groups excluding carboxylic acids is 2. The van der Waals surface area contributed by atoms with Crippen LogP contribution in [0.2, 0.25) is 4.34 Å². The molecule has 2 rings (SSSR count). The van der Waals surface area contributed by atoms with E-state index in [4.69, 9.17) is 21.1 Å². The van der Waals surface area contributed by atoms with Crippen LogP contribution in [-0.4, -0.2) is 37.4 Å². The quantitative estimate of drug-likeness (QED) is 0.589. The van der Waals surface area contributed by atoms with Gasteiger partial charge in [-0.05, 0) is 36.8 Å². The van der Waals surface area contributed by atoms with Crippen LogP contribution in [0, 0.1) is 0 Å². The maximum absolute atomic E-state index is 12.5. The SMILES string of the molecule is CCN(Cc1ccc(OC)c(OC)c1)C(=O)CCC(=O)c1ccc(Cl)s1. The largest absolute Gasteiger partial charge is 0.493 e. The normalized spacial score (nSPS) is 10.5. The number of nitrogens with zero attached hydrogens (tertiary/aromatic N) is 1. The second-order valence-corrected chi connectivity index (χ2v) is 7.34. The van der Waals surface area contributed by atoms with Crippen LogP contribution in [0.5, 0.6) is 11.5 Å². The first kappa shape index (κ1) is 20.3. The third-order valence-electron chi connectivity index (χ3n) is 3.97. The van der Waals surface area contributed by atoms with E-state index < -0.39 is 0 Å². The van der Waals surface area contributed by atoms with Crippen molar-refractivity contribution >= 4 is 34.6 Å². The lowest BCUT2D eigenvalue weighted by Gasteiger charge is -2.21. The minimum Gasteiger partial charge on any atom is -0.493 e. The molecule has 1 aromatic heterocycles. The number of carbonyl (C=O) groups is 2. The first-order valence-corrected chi connectivity index (χ1v) is 9.45. The molecular formula is C19H22ClNO4S. The zero-order valence-corrected chi connectivity index (χ0v) is 16.7. The Balaban J connectivity index is 1.97. The van der Waals surface area contributed by atoms with E-state index in [1.807, 2.05) is 25.1 Å². The van der Waals surface area contributed by atoms with Crippen molar-refractivity contribution < 1.29 is 19.1 Å². The summed E-state index contributed by atoms with van der Waals surface area (Å²) in [5.74, 6) is 1.15. The Bertz CT molecular complexity index is 775. The van der Waals surface area contributed by atoms with Gasteiger partial charge in [-0.25, -0.2) is 0 Å². The zero-order valence-electron chi connectivity index (χ0n) is 15.1. The smallest absolute Gasteiger partial charge is 0.223 e. The number of halogens is 1. The number of methoxy groups -OCH3 is 2. The number of ketones is 1. The van der Waals surface area contributed by atoms with Gasteiger partial charge in [-0.1, -0.05) is 17.7 Å². The van der Waals surface area contributed by atoms with E-state index in [1.165, 1.54) is 11.3 Å². The van der Waals surface area contributed by atoms with Gasteiger partial charge in [0.1, 0.15) is 0 Å². The molecule has 26 heavy (non-hydrogen) atoms. The summed E-state index contributed by atoms with van der Waals surface area (Å²) in [5, 5.41) is 0. The first-order chi connectivity index (χ1) is 12.5. The molecule has 5 nitrogen and oxygen atoms in total. The van der Waals surface area contributed by atoms with E-state index >= 15 is 0 Å². The van der Waals surface area contributed by atoms with Crippen LogP contribution in [0.25, 0.3) is 0 Å². The molecular weight excluding hydrogens is 374 g/mol. The topological polar surface area (TPSA) is 55.8 Å². The molecule has 0 fully saturated rings. The summed E-state index contributed by atoms with van der Waals surface area (Å²) in [6.45, 7) is 2.93. The van der Waals surface area contributed by atoms with Gasteiger partial charge in [0.05, 0.1) is 23.4 Å². The summed E-state index contributed by atoms with van der Waals surface area (Å²) in [4.78, 5) is 26.9. The summed E-state index contributed by atoms with van der Waals surface area (Å²) >= 11 is 7.09. The molecule has 0 atom stereocenters. The highest BCUT2D eigenvalue weighted by atomic mass is 35.5. The highest BCUT2D eigenvalue weighted by Crippen LogP contribution is 2.28. The Labute approximate surface area is 162 Å². The average Bonchev–Trinajstić information content (AvgIpc) is 3.10. The van der Waals surface area contributed by atoms with Crippen LogP contribution in [0.3, 0.4) is 0 Å². The zero-order chi connectivity index (χ0) is 19.1. The molecule has 1 heterocycles. The maximum atomic E-state index is 12.5. The second kappa shape index (κ2) is 9.59. The third kappa shape index (κ3) is 5.22. The van der Waals surface area contributed by atoms with Crippen LogP contribution < -0.4 is 9.47 Å². The van der Waals surface area contributed by atoms with Crippen molar-refractivity contribution in [1.82, 2.24) is 4.90 Å². The van der Waals surface area contributed by atoms with Gasteiger partial charge >= 0.3 is 0 Å². The molecule has 0 radical (unpaired) electrons. The van der Waals surface area contributed by atoms with Gasteiger partial charge in [-0.2, -0.15) is 0 Å². The number of hydrogen-bond acceptors (Lipinski definition) is 5. The number of thiophene rings is 1. The molecule has 1 aromatic carbocycles.